The van der Waals surface area contributed by atoms with Crippen LogP contribution in [0.5, 0.6) is 0 Å². The molecule has 2 rings (SSSR count). The lowest BCUT2D eigenvalue weighted by Crippen LogP contribution is -2.54. The number of hydrogen-bond donors (Lipinski definition) is 0. The smallest absolute Gasteiger partial charge is 0.239 e. The molecule has 2 aliphatic rings. The van der Waals surface area contributed by atoms with Crippen LogP contribution in [-0.4, -0.2) is 73.0 Å². The van der Waals surface area contributed by atoms with Gasteiger partial charge in [-0.25, -0.2) is 0 Å². The summed E-state index contributed by atoms with van der Waals surface area (Å²) in [5.41, 5.74) is 0. The van der Waals surface area contributed by atoms with E-state index in [4.69, 9.17) is 0 Å². The number of rotatable bonds is 3. The van der Waals surface area contributed by atoms with Crippen molar-refractivity contribution in [3.05, 3.63) is 0 Å². The summed E-state index contributed by atoms with van der Waals surface area (Å²) in [6.07, 6.45) is 6.11. The summed E-state index contributed by atoms with van der Waals surface area (Å²) in [6.45, 7) is 6.13. The Labute approximate surface area is 117 Å². The predicted molar refractivity (Wildman–Crippen MR) is 78.2 cm³/mol. The molecule has 0 spiro atoms. The number of piperidine rings is 2. The van der Waals surface area contributed by atoms with Gasteiger partial charge in [0.15, 0.2) is 0 Å². The van der Waals surface area contributed by atoms with E-state index in [1.54, 1.807) is 0 Å². The molecule has 4 heteroatoms. The second-order valence-electron chi connectivity index (χ2n) is 6.32. The third-order valence-electron chi connectivity index (χ3n) is 4.73. The van der Waals surface area contributed by atoms with E-state index in [-0.39, 0.29) is 6.04 Å². The molecule has 0 N–H and O–H groups in total. The highest BCUT2D eigenvalue weighted by Crippen LogP contribution is 2.18. The van der Waals surface area contributed by atoms with Gasteiger partial charge in [0, 0.05) is 25.7 Å². The van der Waals surface area contributed by atoms with Gasteiger partial charge in [0.1, 0.15) is 0 Å². The minimum absolute atomic E-state index is 0.0563. The van der Waals surface area contributed by atoms with Crippen LogP contribution in [0.25, 0.3) is 0 Å². The first-order chi connectivity index (χ1) is 9.09. The maximum absolute atomic E-state index is 12.5. The van der Waals surface area contributed by atoms with E-state index in [0.29, 0.717) is 11.9 Å². The number of likely N-dealkylation sites (N-methyl/N-ethyl adjacent to an activating group) is 1. The zero-order valence-electron chi connectivity index (χ0n) is 12.8. The SMILES string of the molecule is CC(C(=O)N1CCCCC1)N1CCCC(N(C)C)C1. The van der Waals surface area contributed by atoms with Crippen molar-refractivity contribution in [3.8, 4) is 0 Å². The molecule has 0 aliphatic carbocycles. The average molecular weight is 267 g/mol. The van der Waals surface area contributed by atoms with Gasteiger partial charge in [-0.3, -0.25) is 9.69 Å². The molecule has 2 atom stereocenters. The number of nitrogens with zero attached hydrogens (tertiary/aromatic N) is 3. The quantitative estimate of drug-likeness (QED) is 0.773. The van der Waals surface area contributed by atoms with Crippen LogP contribution >= 0.6 is 0 Å². The summed E-state index contributed by atoms with van der Waals surface area (Å²) in [6, 6.07) is 0.659. The van der Waals surface area contributed by atoms with Crippen molar-refractivity contribution in [1.29, 1.82) is 0 Å². The topological polar surface area (TPSA) is 26.8 Å². The lowest BCUT2D eigenvalue weighted by atomic mass is 10.0. The molecule has 2 heterocycles. The molecule has 0 aromatic rings. The van der Waals surface area contributed by atoms with E-state index in [1.165, 1.54) is 32.1 Å². The third-order valence-corrected chi connectivity index (χ3v) is 4.73. The number of likely N-dealkylation sites (tertiary alicyclic amines) is 2. The van der Waals surface area contributed by atoms with Crippen molar-refractivity contribution in [1.82, 2.24) is 14.7 Å². The van der Waals surface area contributed by atoms with Gasteiger partial charge in [0.2, 0.25) is 5.91 Å². The van der Waals surface area contributed by atoms with E-state index >= 15 is 0 Å². The molecule has 110 valence electrons. The van der Waals surface area contributed by atoms with Gasteiger partial charge in [0.05, 0.1) is 6.04 Å². The largest absolute Gasteiger partial charge is 0.341 e. The Morgan fingerprint density at radius 2 is 1.79 bits per heavy atom. The first-order valence-corrected chi connectivity index (χ1v) is 7.79. The Kier molecular flexibility index (Phi) is 5.22. The molecule has 2 aliphatic heterocycles. The molecule has 4 nitrogen and oxygen atoms in total. The van der Waals surface area contributed by atoms with Crippen LogP contribution in [0.2, 0.25) is 0 Å². The maximum atomic E-state index is 12.5. The summed E-state index contributed by atoms with van der Waals surface area (Å²) >= 11 is 0. The van der Waals surface area contributed by atoms with Crippen molar-refractivity contribution in [2.45, 2.75) is 51.1 Å². The number of hydrogen-bond acceptors (Lipinski definition) is 3. The number of carbonyl (C=O) groups excluding carboxylic acids is 1. The van der Waals surface area contributed by atoms with E-state index in [1.807, 2.05) is 0 Å². The van der Waals surface area contributed by atoms with Crippen LogP contribution < -0.4 is 0 Å². The Morgan fingerprint density at radius 3 is 2.42 bits per heavy atom. The minimum Gasteiger partial charge on any atom is -0.341 e. The highest BCUT2D eigenvalue weighted by molar-refractivity contribution is 5.81. The summed E-state index contributed by atoms with van der Waals surface area (Å²) in [5.74, 6) is 0.346. The fraction of sp³-hybridized carbons (Fsp3) is 0.933. The Balaban J connectivity index is 1.90. The van der Waals surface area contributed by atoms with Crippen LogP contribution in [0.1, 0.15) is 39.0 Å². The highest BCUT2D eigenvalue weighted by atomic mass is 16.2. The molecular weight excluding hydrogens is 238 g/mol. The lowest BCUT2D eigenvalue weighted by molar-refractivity contribution is -0.138. The van der Waals surface area contributed by atoms with Crippen molar-refractivity contribution in [2.75, 3.05) is 40.3 Å². The van der Waals surface area contributed by atoms with Crippen molar-refractivity contribution in [3.63, 3.8) is 0 Å². The number of amides is 1. The first-order valence-electron chi connectivity index (χ1n) is 7.79. The summed E-state index contributed by atoms with van der Waals surface area (Å²) in [4.78, 5) is 19.3. The fourth-order valence-electron chi connectivity index (χ4n) is 3.29. The van der Waals surface area contributed by atoms with Gasteiger partial charge in [-0.05, 0) is 59.7 Å². The summed E-state index contributed by atoms with van der Waals surface area (Å²) < 4.78 is 0. The molecule has 19 heavy (non-hydrogen) atoms. The molecule has 2 saturated heterocycles. The zero-order valence-corrected chi connectivity index (χ0v) is 12.8. The van der Waals surface area contributed by atoms with Gasteiger partial charge >= 0.3 is 0 Å². The molecule has 0 aromatic carbocycles. The number of carbonyl (C=O) groups is 1. The molecule has 0 aromatic heterocycles. The van der Waals surface area contributed by atoms with Crippen LogP contribution in [0, 0.1) is 0 Å². The average Bonchev–Trinajstić information content (AvgIpc) is 2.46. The van der Waals surface area contributed by atoms with Crippen molar-refractivity contribution in [2.24, 2.45) is 0 Å². The van der Waals surface area contributed by atoms with Crippen LogP contribution in [0.3, 0.4) is 0 Å². The van der Waals surface area contributed by atoms with Gasteiger partial charge < -0.3 is 9.80 Å². The van der Waals surface area contributed by atoms with Gasteiger partial charge in [-0.2, -0.15) is 0 Å². The van der Waals surface area contributed by atoms with Crippen LogP contribution in [0.15, 0.2) is 0 Å². The lowest BCUT2D eigenvalue weighted by Gasteiger charge is -2.40. The predicted octanol–water partition coefficient (Wildman–Crippen LogP) is 1.41. The summed E-state index contributed by atoms with van der Waals surface area (Å²) in [7, 11) is 4.29. The molecule has 2 unspecified atom stereocenters. The molecular formula is C15H29N3O. The van der Waals surface area contributed by atoms with E-state index in [0.717, 1.165) is 26.2 Å². The van der Waals surface area contributed by atoms with E-state index in [9.17, 15) is 4.79 Å². The third kappa shape index (κ3) is 3.69. The van der Waals surface area contributed by atoms with Crippen LogP contribution in [-0.2, 0) is 4.79 Å². The normalized spacial score (nSPS) is 27.6. The molecule has 0 radical (unpaired) electrons. The second kappa shape index (κ2) is 6.71. The second-order valence-corrected chi connectivity index (χ2v) is 6.32. The monoisotopic (exact) mass is 267 g/mol. The van der Waals surface area contributed by atoms with Gasteiger partial charge in [-0.15, -0.1) is 0 Å². The maximum Gasteiger partial charge on any atom is 0.239 e. The molecule has 0 bridgehead atoms. The first kappa shape index (κ1) is 14.8. The van der Waals surface area contributed by atoms with Gasteiger partial charge in [-0.1, -0.05) is 0 Å². The Bertz CT molecular complexity index is 300. The van der Waals surface area contributed by atoms with Gasteiger partial charge in [0.25, 0.3) is 0 Å². The Morgan fingerprint density at radius 1 is 1.11 bits per heavy atom. The standard InChI is InChI=1S/C15H29N3O/c1-13(15(19)17-9-5-4-6-10-17)18-11-7-8-14(12-18)16(2)3/h13-14H,4-12H2,1-3H3. The molecule has 2 fully saturated rings. The van der Waals surface area contributed by atoms with Crippen molar-refractivity contribution < 1.29 is 4.79 Å². The molecule has 1 amide bonds. The van der Waals surface area contributed by atoms with Crippen LogP contribution in [0.4, 0.5) is 0 Å². The minimum atomic E-state index is 0.0563. The fourth-order valence-corrected chi connectivity index (χ4v) is 3.29. The molecule has 0 saturated carbocycles. The Hall–Kier alpha value is -0.610. The van der Waals surface area contributed by atoms with Crippen molar-refractivity contribution >= 4 is 5.91 Å². The van der Waals surface area contributed by atoms with E-state index < -0.39 is 0 Å². The van der Waals surface area contributed by atoms with E-state index in [2.05, 4.69) is 35.7 Å². The summed E-state index contributed by atoms with van der Waals surface area (Å²) in [5, 5.41) is 0. The highest BCUT2D eigenvalue weighted by Gasteiger charge is 2.30. The zero-order chi connectivity index (χ0) is 13.8.